The Bertz CT molecular complexity index is 836. The highest BCUT2D eigenvalue weighted by atomic mass is 16.5. The van der Waals surface area contributed by atoms with Gasteiger partial charge in [-0.25, -0.2) is 0 Å². The second-order valence-electron chi connectivity index (χ2n) is 6.64. The molecular weight excluding hydrogens is 358 g/mol. The van der Waals surface area contributed by atoms with Gasteiger partial charge in [0.1, 0.15) is 6.04 Å². The lowest BCUT2D eigenvalue weighted by Crippen LogP contribution is -2.45. The first-order chi connectivity index (χ1) is 13.6. The van der Waals surface area contributed by atoms with Gasteiger partial charge in [0, 0.05) is 18.7 Å². The van der Waals surface area contributed by atoms with E-state index in [1.165, 1.54) is 11.1 Å². The minimum atomic E-state index is -0.340. The van der Waals surface area contributed by atoms with Gasteiger partial charge >= 0.3 is 5.97 Å². The molecule has 0 radical (unpaired) electrons. The predicted octanol–water partition coefficient (Wildman–Crippen LogP) is 3.20. The molecule has 1 aliphatic rings. The third kappa shape index (κ3) is 3.92. The molecule has 6 heteroatoms. The van der Waals surface area contributed by atoms with Crippen LogP contribution in [0.1, 0.15) is 23.6 Å². The number of fused-ring (bicyclic) bond motifs is 1. The Morgan fingerprint density at radius 3 is 2.36 bits per heavy atom. The van der Waals surface area contributed by atoms with Crippen LogP contribution in [-0.4, -0.2) is 44.8 Å². The molecule has 1 heterocycles. The minimum Gasteiger partial charge on any atom is -0.493 e. The molecule has 0 aromatic heterocycles. The first-order valence-corrected chi connectivity index (χ1v) is 9.38. The van der Waals surface area contributed by atoms with Gasteiger partial charge in [0.25, 0.3) is 0 Å². The van der Waals surface area contributed by atoms with Gasteiger partial charge in [-0.15, -0.1) is 0 Å². The molecule has 0 amide bonds. The zero-order valence-corrected chi connectivity index (χ0v) is 16.9. The van der Waals surface area contributed by atoms with Gasteiger partial charge in [0.05, 0.1) is 27.9 Å². The Balaban J connectivity index is 1.95. The Hall–Kier alpha value is -2.73. The van der Waals surface area contributed by atoms with E-state index in [0.717, 1.165) is 5.56 Å². The quantitative estimate of drug-likeness (QED) is 0.682. The van der Waals surface area contributed by atoms with Crippen LogP contribution in [0.2, 0.25) is 0 Å². The summed E-state index contributed by atoms with van der Waals surface area (Å²) in [6, 6.07) is 11.7. The second-order valence-corrected chi connectivity index (χ2v) is 6.64. The predicted molar refractivity (Wildman–Crippen MR) is 106 cm³/mol. The summed E-state index contributed by atoms with van der Waals surface area (Å²) in [5, 5.41) is 0. The molecule has 1 atom stereocenters. The highest BCUT2D eigenvalue weighted by Gasteiger charge is 2.33. The maximum atomic E-state index is 12.6. The molecule has 3 rings (SSSR count). The number of esters is 1. The van der Waals surface area contributed by atoms with Gasteiger partial charge in [0.15, 0.2) is 11.5 Å². The number of carbonyl (C=O) groups is 1. The van der Waals surface area contributed by atoms with Crippen molar-refractivity contribution in [1.29, 1.82) is 0 Å². The summed E-state index contributed by atoms with van der Waals surface area (Å²) in [6.45, 7) is 3.39. The molecule has 2 aromatic rings. The second kappa shape index (κ2) is 8.97. The van der Waals surface area contributed by atoms with Crippen LogP contribution in [-0.2, 0) is 29.0 Å². The molecule has 2 aromatic carbocycles. The third-order valence-electron chi connectivity index (χ3n) is 5.06. The molecule has 0 aliphatic carbocycles. The highest BCUT2D eigenvalue weighted by Crippen LogP contribution is 2.41. The van der Waals surface area contributed by atoms with Crippen LogP contribution in [0.5, 0.6) is 17.2 Å². The first-order valence-electron chi connectivity index (χ1n) is 9.38. The van der Waals surface area contributed by atoms with Crippen molar-refractivity contribution in [2.45, 2.75) is 32.5 Å². The number of rotatable bonds is 7. The van der Waals surface area contributed by atoms with Gasteiger partial charge < -0.3 is 18.9 Å². The lowest BCUT2D eigenvalue weighted by atomic mass is 9.93. The van der Waals surface area contributed by atoms with E-state index in [-0.39, 0.29) is 12.0 Å². The molecule has 0 N–H and O–H groups in total. The molecule has 0 saturated carbocycles. The molecular formula is C22H27NO5. The molecule has 6 nitrogen and oxygen atoms in total. The molecule has 1 unspecified atom stereocenters. The van der Waals surface area contributed by atoms with Crippen LogP contribution >= 0.6 is 0 Å². The van der Waals surface area contributed by atoms with E-state index in [1.807, 2.05) is 31.2 Å². The van der Waals surface area contributed by atoms with Crippen molar-refractivity contribution >= 4 is 5.97 Å². The van der Waals surface area contributed by atoms with E-state index in [1.54, 1.807) is 21.3 Å². The molecule has 0 spiro atoms. The van der Waals surface area contributed by atoms with Crippen LogP contribution < -0.4 is 14.2 Å². The maximum Gasteiger partial charge on any atom is 0.323 e. The Kier molecular flexibility index (Phi) is 6.41. The van der Waals surface area contributed by atoms with Gasteiger partial charge in [-0.3, -0.25) is 9.69 Å². The summed E-state index contributed by atoms with van der Waals surface area (Å²) in [7, 11) is 4.78. The Labute approximate surface area is 166 Å². The lowest BCUT2D eigenvalue weighted by molar-refractivity contribution is -0.150. The monoisotopic (exact) mass is 385 g/mol. The van der Waals surface area contributed by atoms with E-state index in [2.05, 4.69) is 17.0 Å². The third-order valence-corrected chi connectivity index (χ3v) is 5.06. The largest absolute Gasteiger partial charge is 0.493 e. The normalized spacial score (nSPS) is 16.2. The summed E-state index contributed by atoms with van der Waals surface area (Å²) < 4.78 is 21.8. The van der Waals surface area contributed by atoms with Crippen LogP contribution in [0.3, 0.4) is 0 Å². The van der Waals surface area contributed by atoms with E-state index in [4.69, 9.17) is 18.9 Å². The number of benzene rings is 2. The first kappa shape index (κ1) is 20.0. The van der Waals surface area contributed by atoms with Crippen molar-refractivity contribution in [3.05, 3.63) is 53.1 Å². The smallest absolute Gasteiger partial charge is 0.323 e. The topological polar surface area (TPSA) is 57.2 Å². The van der Waals surface area contributed by atoms with Crippen LogP contribution in [0, 0.1) is 0 Å². The molecule has 150 valence electrons. The summed E-state index contributed by atoms with van der Waals surface area (Å²) in [6.07, 6.45) is 0.630. The van der Waals surface area contributed by atoms with E-state index in [0.29, 0.717) is 43.4 Å². The minimum absolute atomic E-state index is 0.198. The number of hydrogen-bond donors (Lipinski definition) is 0. The fraction of sp³-hybridized carbons (Fsp3) is 0.409. The zero-order valence-electron chi connectivity index (χ0n) is 16.9. The SMILES string of the molecule is CCOC(=O)C1Cc2ccccc2CN1Cc1ccc(OC)c(OC)c1OC. The van der Waals surface area contributed by atoms with E-state index < -0.39 is 0 Å². The van der Waals surface area contributed by atoms with Crippen molar-refractivity contribution < 1.29 is 23.7 Å². The van der Waals surface area contributed by atoms with Gasteiger partial charge in [0.2, 0.25) is 5.75 Å². The molecule has 0 fully saturated rings. The van der Waals surface area contributed by atoms with Crippen LogP contribution in [0.4, 0.5) is 0 Å². The summed E-state index contributed by atoms with van der Waals surface area (Å²) in [5.41, 5.74) is 3.34. The zero-order chi connectivity index (χ0) is 20.1. The Morgan fingerprint density at radius 1 is 1.00 bits per heavy atom. The number of hydrogen-bond acceptors (Lipinski definition) is 6. The molecule has 1 aliphatic heterocycles. The fourth-order valence-electron chi connectivity index (χ4n) is 3.72. The highest BCUT2D eigenvalue weighted by molar-refractivity contribution is 5.76. The van der Waals surface area contributed by atoms with Gasteiger partial charge in [-0.2, -0.15) is 0 Å². The molecule has 0 saturated heterocycles. The van der Waals surface area contributed by atoms with Crippen molar-refractivity contribution in [3.8, 4) is 17.2 Å². The van der Waals surface area contributed by atoms with Crippen molar-refractivity contribution in [3.63, 3.8) is 0 Å². The Morgan fingerprint density at radius 2 is 1.71 bits per heavy atom. The number of methoxy groups -OCH3 is 3. The summed E-state index contributed by atoms with van der Waals surface area (Å²) in [4.78, 5) is 14.8. The van der Waals surface area contributed by atoms with Gasteiger partial charge in [-0.1, -0.05) is 30.3 Å². The van der Waals surface area contributed by atoms with Crippen molar-refractivity contribution in [2.24, 2.45) is 0 Å². The maximum absolute atomic E-state index is 12.6. The van der Waals surface area contributed by atoms with Crippen LogP contribution in [0.15, 0.2) is 36.4 Å². The van der Waals surface area contributed by atoms with Crippen molar-refractivity contribution in [1.82, 2.24) is 4.90 Å². The molecule has 0 bridgehead atoms. The van der Waals surface area contributed by atoms with E-state index in [9.17, 15) is 4.79 Å². The lowest BCUT2D eigenvalue weighted by Gasteiger charge is -2.35. The van der Waals surface area contributed by atoms with Gasteiger partial charge in [-0.05, 0) is 30.5 Å². The standard InChI is InChI=1S/C22H27NO5/c1-5-28-22(24)18-12-15-8-6-7-9-16(15)13-23(18)14-17-10-11-19(25-2)21(27-4)20(17)26-3/h6-11,18H,5,12-14H2,1-4H3. The summed E-state index contributed by atoms with van der Waals surface area (Å²) in [5.74, 6) is 1.57. The van der Waals surface area contributed by atoms with Crippen LogP contribution in [0.25, 0.3) is 0 Å². The average molecular weight is 385 g/mol. The number of ether oxygens (including phenoxy) is 4. The fourth-order valence-corrected chi connectivity index (χ4v) is 3.72. The number of nitrogens with zero attached hydrogens (tertiary/aromatic N) is 1. The number of carbonyl (C=O) groups excluding carboxylic acids is 1. The van der Waals surface area contributed by atoms with E-state index >= 15 is 0 Å². The molecule has 28 heavy (non-hydrogen) atoms. The van der Waals surface area contributed by atoms with Crippen molar-refractivity contribution in [2.75, 3.05) is 27.9 Å². The summed E-state index contributed by atoms with van der Waals surface area (Å²) >= 11 is 0. The average Bonchev–Trinajstić information content (AvgIpc) is 2.72.